The summed E-state index contributed by atoms with van der Waals surface area (Å²) in [7, 11) is 2.16. The van der Waals surface area contributed by atoms with Gasteiger partial charge in [0.2, 0.25) is 7.28 Å². The molecule has 0 saturated heterocycles. The molecule has 2 atom stereocenters. The van der Waals surface area contributed by atoms with Crippen LogP contribution >= 0.6 is 0 Å². The molecule has 1 heterocycles. The molecule has 0 spiro atoms. The van der Waals surface area contributed by atoms with Crippen LogP contribution in [-0.2, 0) is 21.7 Å². The quantitative estimate of drug-likeness (QED) is 0.0685. The summed E-state index contributed by atoms with van der Waals surface area (Å²) in [6, 6.07) is 27.6. The fourth-order valence-corrected chi connectivity index (χ4v) is 10.2. The molecule has 2 unspecified atom stereocenters. The van der Waals surface area contributed by atoms with Gasteiger partial charge in [0.25, 0.3) is 0 Å². The predicted octanol–water partition coefficient (Wildman–Crippen LogP) is 16.3. The number of nitrogens with zero attached hydrogens (tertiary/aromatic N) is 1. The zero-order valence-corrected chi connectivity index (χ0v) is 41.2. The minimum atomic E-state index is -0.104. The second-order valence-corrected chi connectivity index (χ2v) is 21.7. The van der Waals surface area contributed by atoms with Crippen LogP contribution in [0.4, 0.5) is 17.1 Å². The van der Waals surface area contributed by atoms with Gasteiger partial charge >= 0.3 is 0 Å². The topological polar surface area (TPSA) is 28.4 Å². The smallest absolute Gasteiger partial charge is 0.234 e. The van der Waals surface area contributed by atoms with E-state index in [1.807, 2.05) is 6.08 Å². The van der Waals surface area contributed by atoms with Crippen molar-refractivity contribution in [3.8, 4) is 11.1 Å². The lowest BCUT2D eigenvalue weighted by atomic mass is 9.63. The molecular weight excluding hydrogens is 775 g/mol. The number of furan rings is 1. The molecule has 0 amide bonds. The Bertz CT molecular complexity index is 2620. The van der Waals surface area contributed by atoms with Gasteiger partial charge in [-0.25, -0.2) is 0 Å². The SMILES string of the molecule is C=CCC(/C=C/Nc1ccc(C(C)(C)C)cc1-c1ccccc1C)N(c1ccc2c(c1)C(C)(C)CCC2C)c1c([B]/C=C/C=C(\C=C)CC)oc2cc3c(cc12)C(C)(C)CCC3(C)C. The molecule has 1 radical (unpaired) electrons. The third-order valence-electron chi connectivity index (χ3n) is 14.6. The Morgan fingerprint density at radius 2 is 1.58 bits per heavy atom. The molecule has 0 bridgehead atoms. The lowest BCUT2D eigenvalue weighted by molar-refractivity contribution is 0.332. The maximum absolute atomic E-state index is 7.12. The molecular formula is C60H74BN2O. The highest BCUT2D eigenvalue weighted by Gasteiger charge is 2.39. The molecule has 1 N–H and O–H groups in total. The highest BCUT2D eigenvalue weighted by molar-refractivity contribution is 6.60. The number of hydrogen-bond donors (Lipinski definition) is 1. The van der Waals surface area contributed by atoms with Gasteiger partial charge in [0.1, 0.15) is 5.58 Å². The Morgan fingerprint density at radius 3 is 2.25 bits per heavy atom. The molecule has 3 nitrogen and oxygen atoms in total. The van der Waals surface area contributed by atoms with Crippen molar-refractivity contribution >= 4 is 41.0 Å². The number of allylic oxidation sites excluding steroid dienone is 4. The van der Waals surface area contributed by atoms with Gasteiger partial charge in [-0.2, -0.15) is 0 Å². The Hall–Kier alpha value is -5.22. The van der Waals surface area contributed by atoms with E-state index >= 15 is 0 Å². The lowest BCUT2D eigenvalue weighted by Gasteiger charge is -2.42. The van der Waals surface area contributed by atoms with Gasteiger partial charge in [0, 0.05) is 22.3 Å². The van der Waals surface area contributed by atoms with Crippen molar-refractivity contribution in [2.45, 2.75) is 155 Å². The largest absolute Gasteiger partial charge is 0.469 e. The summed E-state index contributed by atoms with van der Waals surface area (Å²) in [6.07, 6.45) is 19.0. The summed E-state index contributed by atoms with van der Waals surface area (Å²) in [5.41, 5.74) is 17.2. The van der Waals surface area contributed by atoms with Crippen molar-refractivity contribution < 1.29 is 4.42 Å². The fourth-order valence-electron chi connectivity index (χ4n) is 10.2. The van der Waals surface area contributed by atoms with Crippen LogP contribution in [0.3, 0.4) is 0 Å². The van der Waals surface area contributed by atoms with Crippen LogP contribution in [0.5, 0.6) is 0 Å². The summed E-state index contributed by atoms with van der Waals surface area (Å²) in [6.45, 7) is 36.5. The first-order chi connectivity index (χ1) is 30.3. The second kappa shape index (κ2) is 18.3. The van der Waals surface area contributed by atoms with Crippen molar-refractivity contribution in [2.24, 2.45) is 0 Å². The number of aryl methyl sites for hydroxylation is 1. The zero-order valence-electron chi connectivity index (χ0n) is 41.2. The van der Waals surface area contributed by atoms with Gasteiger partial charge in [-0.15, -0.1) is 12.6 Å². The summed E-state index contributed by atoms with van der Waals surface area (Å²) in [5.74, 6) is 2.64. The van der Waals surface area contributed by atoms with E-state index in [-0.39, 0.29) is 27.7 Å². The normalized spacial score (nSPS) is 18.4. The number of benzene rings is 4. The van der Waals surface area contributed by atoms with E-state index in [1.165, 1.54) is 56.5 Å². The third-order valence-corrected chi connectivity index (χ3v) is 14.6. The van der Waals surface area contributed by atoms with Crippen LogP contribution in [0.15, 0.2) is 138 Å². The predicted molar refractivity (Wildman–Crippen MR) is 281 cm³/mol. The molecule has 0 aliphatic heterocycles. The molecule has 2 aliphatic rings. The van der Waals surface area contributed by atoms with Gasteiger partial charge in [-0.05, 0) is 166 Å². The average Bonchev–Trinajstić information content (AvgIpc) is 3.60. The standard InChI is InChI=1S/C60H74BN2O/c1-15-21-44(30-35-62-53-28-25-43(57(6,7)8)36-48(53)46-24-19-18-22-40(46)4)63(45-26-27-47-41(5)29-31-58(9,10)50(47)37-45)55-49-38-51-52(60(13,14)33-32-59(51,11)12)39-54(49)64-56(55)61-34-20-23-42(16-2)17-3/h15-16,18-20,22-28,30,34-39,41,44,62H,1-2,17,21,29,31-33H2,3-14H3/b34-20+,35-30+,42-23+. The molecule has 0 fully saturated rings. The van der Waals surface area contributed by atoms with Gasteiger partial charge in [0.15, 0.2) is 0 Å². The molecule has 4 aromatic carbocycles. The maximum atomic E-state index is 7.12. The molecule has 64 heavy (non-hydrogen) atoms. The average molecular weight is 850 g/mol. The Balaban J connectivity index is 1.45. The van der Waals surface area contributed by atoms with Gasteiger partial charge in [-0.3, -0.25) is 0 Å². The lowest BCUT2D eigenvalue weighted by Crippen LogP contribution is -2.35. The maximum Gasteiger partial charge on any atom is 0.234 e. The van der Waals surface area contributed by atoms with E-state index in [0.29, 0.717) is 5.92 Å². The van der Waals surface area contributed by atoms with E-state index < -0.39 is 0 Å². The van der Waals surface area contributed by atoms with E-state index in [0.717, 1.165) is 65.8 Å². The summed E-state index contributed by atoms with van der Waals surface area (Å²) in [4.78, 5) is 2.55. The zero-order chi connectivity index (χ0) is 46.2. The van der Waals surface area contributed by atoms with Crippen molar-refractivity contribution in [3.05, 3.63) is 167 Å². The van der Waals surface area contributed by atoms with Crippen molar-refractivity contribution in [1.82, 2.24) is 0 Å². The summed E-state index contributed by atoms with van der Waals surface area (Å²) < 4.78 is 7.12. The Labute approximate surface area is 387 Å². The minimum Gasteiger partial charge on any atom is -0.469 e. The number of nitrogens with one attached hydrogen (secondary N) is 1. The first kappa shape index (κ1) is 46.8. The van der Waals surface area contributed by atoms with Crippen molar-refractivity contribution in [1.29, 1.82) is 0 Å². The molecule has 7 rings (SSSR count). The molecule has 4 heteroatoms. The van der Waals surface area contributed by atoms with Crippen LogP contribution in [0.1, 0.15) is 154 Å². The summed E-state index contributed by atoms with van der Waals surface area (Å²) in [5, 5.41) is 4.94. The van der Waals surface area contributed by atoms with Crippen LogP contribution in [0, 0.1) is 6.92 Å². The van der Waals surface area contributed by atoms with Gasteiger partial charge in [-0.1, -0.05) is 143 Å². The molecule has 1 aromatic heterocycles. The number of fused-ring (bicyclic) bond motifs is 3. The third kappa shape index (κ3) is 9.44. The number of anilines is 3. The number of rotatable bonds is 14. The first-order valence-electron chi connectivity index (χ1n) is 23.9. The van der Waals surface area contributed by atoms with Crippen molar-refractivity contribution in [3.63, 3.8) is 0 Å². The van der Waals surface area contributed by atoms with E-state index in [2.05, 4.69) is 223 Å². The minimum absolute atomic E-state index is 0.0182. The molecule has 5 aromatic rings. The molecule has 0 saturated carbocycles. The van der Waals surface area contributed by atoms with Crippen molar-refractivity contribution in [2.75, 3.05) is 10.2 Å². The highest BCUT2D eigenvalue weighted by Crippen LogP contribution is 2.50. The van der Waals surface area contributed by atoms with Crippen LogP contribution < -0.4 is 15.9 Å². The molecule has 2 aliphatic carbocycles. The van der Waals surface area contributed by atoms with Crippen LogP contribution in [0.2, 0.25) is 0 Å². The van der Waals surface area contributed by atoms with Crippen LogP contribution in [-0.4, -0.2) is 13.3 Å². The Kier molecular flexibility index (Phi) is 13.4. The van der Waals surface area contributed by atoms with Gasteiger partial charge in [0.05, 0.1) is 17.4 Å². The van der Waals surface area contributed by atoms with E-state index in [1.54, 1.807) is 0 Å². The Morgan fingerprint density at radius 1 is 0.875 bits per heavy atom. The molecule has 333 valence electrons. The number of hydrogen-bond acceptors (Lipinski definition) is 3. The monoisotopic (exact) mass is 850 g/mol. The fraction of sp³-hybridized carbons (Fsp3) is 0.400. The summed E-state index contributed by atoms with van der Waals surface area (Å²) >= 11 is 0. The second-order valence-electron chi connectivity index (χ2n) is 21.7. The van der Waals surface area contributed by atoms with E-state index in [9.17, 15) is 0 Å². The first-order valence-corrected chi connectivity index (χ1v) is 23.9. The van der Waals surface area contributed by atoms with Crippen LogP contribution in [0.25, 0.3) is 22.1 Å². The van der Waals surface area contributed by atoms with Gasteiger partial charge < -0.3 is 14.6 Å². The highest BCUT2D eigenvalue weighted by atomic mass is 16.3. The van der Waals surface area contributed by atoms with E-state index in [4.69, 9.17) is 4.42 Å².